The van der Waals surface area contributed by atoms with Crippen LogP contribution < -0.4 is 10.6 Å². The van der Waals surface area contributed by atoms with Gasteiger partial charge in [-0.3, -0.25) is 9.89 Å². The number of aromatic amines is 1. The number of sulfone groups is 1. The van der Waals surface area contributed by atoms with Crippen molar-refractivity contribution in [3.63, 3.8) is 0 Å². The highest BCUT2D eigenvalue weighted by molar-refractivity contribution is 7.91. The second-order valence-electron chi connectivity index (χ2n) is 8.63. The van der Waals surface area contributed by atoms with Gasteiger partial charge in [0.2, 0.25) is 15.7 Å². The molecule has 4 aromatic rings. The molecule has 1 amide bonds. The molecule has 0 bridgehead atoms. The molecule has 0 atom stereocenters. The van der Waals surface area contributed by atoms with E-state index in [1.54, 1.807) is 18.2 Å². The Morgan fingerprint density at radius 1 is 1.00 bits per heavy atom. The zero-order chi connectivity index (χ0) is 24.7. The first-order valence-electron chi connectivity index (χ1n) is 11.1. The van der Waals surface area contributed by atoms with E-state index in [0.29, 0.717) is 27.7 Å². The molecule has 1 saturated heterocycles. The van der Waals surface area contributed by atoms with Gasteiger partial charge in [0.25, 0.3) is 0 Å². The van der Waals surface area contributed by atoms with Crippen LogP contribution in [-0.2, 0) is 9.84 Å². The predicted molar refractivity (Wildman–Crippen MR) is 132 cm³/mol. The number of carbonyl (C=O) groups excluding carboxylic acids is 1. The lowest BCUT2D eigenvalue weighted by atomic mass is 10.0. The van der Waals surface area contributed by atoms with E-state index in [1.807, 2.05) is 6.07 Å². The number of carbonyl (C=O) groups is 1. The zero-order valence-electron chi connectivity index (χ0n) is 19.0. The number of nitrogens with two attached hydrogens (primary N) is 1. The van der Waals surface area contributed by atoms with E-state index < -0.39 is 21.6 Å². The molecule has 1 aliphatic heterocycles. The van der Waals surface area contributed by atoms with Crippen LogP contribution in [0, 0.1) is 5.82 Å². The minimum Gasteiger partial charge on any atom is -0.368 e. The standard InChI is InChI=1S/C25H24FN5O3S/c1-30-9-11-31(12-10-30)23-8-5-16(25(27)32)13-21(23)24-20-15-19(6-7-22(20)28-29-24)35(33,34)18-4-2-3-17(26)14-18/h2-8,13-15H,9-12H2,1H3,(H2,27,32)(H,28,29). The fourth-order valence-electron chi connectivity index (χ4n) is 4.34. The van der Waals surface area contributed by atoms with Gasteiger partial charge >= 0.3 is 0 Å². The van der Waals surface area contributed by atoms with E-state index in [2.05, 4.69) is 27.0 Å². The van der Waals surface area contributed by atoms with Gasteiger partial charge in [-0.1, -0.05) is 6.07 Å². The first kappa shape index (κ1) is 23.0. The van der Waals surface area contributed by atoms with Gasteiger partial charge in [-0.2, -0.15) is 5.10 Å². The van der Waals surface area contributed by atoms with Gasteiger partial charge in [-0.15, -0.1) is 0 Å². The summed E-state index contributed by atoms with van der Waals surface area (Å²) in [6, 6.07) is 14.8. The summed E-state index contributed by atoms with van der Waals surface area (Å²) in [5.41, 5.74) is 8.59. The van der Waals surface area contributed by atoms with Crippen molar-refractivity contribution in [2.45, 2.75) is 9.79 Å². The molecule has 1 aliphatic rings. The number of H-pyrrole nitrogens is 1. The first-order valence-corrected chi connectivity index (χ1v) is 12.6. The van der Waals surface area contributed by atoms with Gasteiger partial charge in [0.1, 0.15) is 11.5 Å². The van der Waals surface area contributed by atoms with Crippen LogP contribution in [-0.4, -0.2) is 62.6 Å². The fourth-order valence-corrected chi connectivity index (χ4v) is 5.66. The third-order valence-corrected chi connectivity index (χ3v) is 8.08. The van der Waals surface area contributed by atoms with E-state index in [9.17, 15) is 17.6 Å². The van der Waals surface area contributed by atoms with Crippen LogP contribution in [0.2, 0.25) is 0 Å². The van der Waals surface area contributed by atoms with Crippen LogP contribution in [0.5, 0.6) is 0 Å². The number of anilines is 1. The molecule has 180 valence electrons. The average Bonchev–Trinajstić information content (AvgIpc) is 3.27. The third-order valence-electron chi connectivity index (χ3n) is 6.33. The average molecular weight is 494 g/mol. The molecule has 0 spiro atoms. The summed E-state index contributed by atoms with van der Waals surface area (Å²) in [7, 11) is -1.89. The van der Waals surface area contributed by atoms with Gasteiger partial charge in [-0.05, 0) is 61.6 Å². The summed E-state index contributed by atoms with van der Waals surface area (Å²) >= 11 is 0. The normalized spacial score (nSPS) is 15.0. The number of nitrogens with one attached hydrogen (secondary N) is 1. The maximum absolute atomic E-state index is 13.7. The minimum absolute atomic E-state index is 0.0189. The number of halogens is 1. The van der Waals surface area contributed by atoms with Crippen molar-refractivity contribution in [3.8, 4) is 11.3 Å². The highest BCUT2D eigenvalue weighted by Crippen LogP contribution is 2.37. The van der Waals surface area contributed by atoms with Crippen molar-refractivity contribution in [1.29, 1.82) is 0 Å². The number of fused-ring (bicyclic) bond motifs is 1. The SMILES string of the molecule is CN1CCN(c2ccc(C(N)=O)cc2-c2n[nH]c3ccc(S(=O)(=O)c4cccc(F)c4)cc23)CC1. The van der Waals surface area contributed by atoms with Crippen molar-refractivity contribution in [2.75, 3.05) is 38.1 Å². The lowest BCUT2D eigenvalue weighted by molar-refractivity contribution is 0.100. The molecule has 35 heavy (non-hydrogen) atoms. The van der Waals surface area contributed by atoms with Gasteiger partial charge in [0, 0.05) is 48.4 Å². The van der Waals surface area contributed by atoms with Crippen molar-refractivity contribution >= 4 is 32.3 Å². The van der Waals surface area contributed by atoms with Gasteiger partial charge in [0.05, 0.1) is 15.3 Å². The lowest BCUT2D eigenvalue weighted by Crippen LogP contribution is -2.44. The van der Waals surface area contributed by atoms with Crippen LogP contribution in [0.4, 0.5) is 10.1 Å². The number of benzene rings is 3. The number of hydrogen-bond acceptors (Lipinski definition) is 6. The number of piperazine rings is 1. The highest BCUT2D eigenvalue weighted by atomic mass is 32.2. The molecule has 3 aromatic carbocycles. The summed E-state index contributed by atoms with van der Waals surface area (Å²) < 4.78 is 40.2. The number of amides is 1. The predicted octanol–water partition coefficient (Wildman–Crippen LogP) is 3.05. The number of primary amides is 1. The number of hydrogen-bond donors (Lipinski definition) is 2. The Balaban J connectivity index is 1.66. The molecular formula is C25H24FN5O3S. The molecule has 1 fully saturated rings. The van der Waals surface area contributed by atoms with Crippen LogP contribution in [0.25, 0.3) is 22.2 Å². The molecular weight excluding hydrogens is 469 g/mol. The molecule has 1 aromatic heterocycles. The number of nitrogens with zero attached hydrogens (tertiary/aromatic N) is 3. The lowest BCUT2D eigenvalue weighted by Gasteiger charge is -2.35. The second-order valence-corrected chi connectivity index (χ2v) is 10.6. The smallest absolute Gasteiger partial charge is 0.248 e. The van der Waals surface area contributed by atoms with E-state index in [4.69, 9.17) is 5.73 Å². The molecule has 0 saturated carbocycles. The van der Waals surface area contributed by atoms with Crippen LogP contribution in [0.3, 0.4) is 0 Å². The molecule has 0 unspecified atom stereocenters. The van der Waals surface area contributed by atoms with Gasteiger partial charge < -0.3 is 15.5 Å². The largest absolute Gasteiger partial charge is 0.368 e. The van der Waals surface area contributed by atoms with E-state index >= 15 is 0 Å². The Morgan fingerprint density at radius 2 is 1.74 bits per heavy atom. The second kappa shape index (κ2) is 8.79. The maximum atomic E-state index is 13.7. The molecule has 8 nitrogen and oxygen atoms in total. The Morgan fingerprint density at radius 3 is 2.46 bits per heavy atom. The first-order chi connectivity index (χ1) is 16.7. The fraction of sp³-hybridized carbons (Fsp3) is 0.200. The molecule has 0 aliphatic carbocycles. The summed E-state index contributed by atoms with van der Waals surface area (Å²) in [5.74, 6) is -1.19. The van der Waals surface area contributed by atoms with Crippen LogP contribution in [0.15, 0.2) is 70.5 Å². The van der Waals surface area contributed by atoms with E-state index in [-0.39, 0.29) is 9.79 Å². The highest BCUT2D eigenvalue weighted by Gasteiger charge is 2.24. The molecule has 10 heteroatoms. The molecule has 0 radical (unpaired) electrons. The van der Waals surface area contributed by atoms with Crippen LogP contribution in [0.1, 0.15) is 10.4 Å². The quantitative estimate of drug-likeness (QED) is 0.442. The summed E-state index contributed by atoms with van der Waals surface area (Å²) in [4.78, 5) is 16.3. The minimum atomic E-state index is -3.96. The number of likely N-dealkylation sites (N-methyl/N-ethyl adjacent to an activating group) is 1. The molecule has 5 rings (SSSR count). The van der Waals surface area contributed by atoms with Gasteiger partial charge in [-0.25, -0.2) is 12.8 Å². The van der Waals surface area contributed by atoms with Crippen molar-refractivity contribution < 1.29 is 17.6 Å². The van der Waals surface area contributed by atoms with Crippen molar-refractivity contribution in [3.05, 3.63) is 72.0 Å². The number of aromatic nitrogens is 2. The Kier molecular flexibility index (Phi) is 5.78. The Bertz CT molecular complexity index is 1540. The molecule has 3 N–H and O–H groups in total. The van der Waals surface area contributed by atoms with Gasteiger partial charge in [0.15, 0.2) is 0 Å². The van der Waals surface area contributed by atoms with Crippen molar-refractivity contribution in [2.24, 2.45) is 5.73 Å². The summed E-state index contributed by atoms with van der Waals surface area (Å²) in [5, 5.41) is 8.00. The zero-order valence-corrected chi connectivity index (χ0v) is 19.8. The molecule has 2 heterocycles. The van der Waals surface area contributed by atoms with E-state index in [1.165, 1.54) is 30.3 Å². The monoisotopic (exact) mass is 493 g/mol. The van der Waals surface area contributed by atoms with Crippen molar-refractivity contribution in [1.82, 2.24) is 15.1 Å². The maximum Gasteiger partial charge on any atom is 0.248 e. The summed E-state index contributed by atoms with van der Waals surface area (Å²) in [6.07, 6.45) is 0. The topological polar surface area (TPSA) is 112 Å². The Labute approximate surface area is 202 Å². The Hall–Kier alpha value is -3.76. The van der Waals surface area contributed by atoms with Crippen LogP contribution >= 0.6 is 0 Å². The van der Waals surface area contributed by atoms with E-state index in [0.717, 1.165) is 37.9 Å². The number of rotatable bonds is 5. The summed E-state index contributed by atoms with van der Waals surface area (Å²) in [6.45, 7) is 3.35. The third kappa shape index (κ3) is 4.26.